The van der Waals surface area contributed by atoms with Crippen LogP contribution in [-0.4, -0.2) is 21.2 Å². The van der Waals surface area contributed by atoms with Crippen molar-refractivity contribution in [3.63, 3.8) is 0 Å². The SMILES string of the molecule is CC(C)Cc1ccc(C(C)c2nnc(NC(=O)c3cccc(O)c3)o2)cc1. The average molecular weight is 365 g/mol. The summed E-state index contributed by atoms with van der Waals surface area (Å²) in [6, 6.07) is 14.4. The molecule has 0 spiro atoms. The van der Waals surface area contributed by atoms with Crippen molar-refractivity contribution >= 4 is 11.9 Å². The number of aromatic hydroxyl groups is 1. The van der Waals surface area contributed by atoms with Crippen LogP contribution < -0.4 is 5.32 Å². The first-order valence-electron chi connectivity index (χ1n) is 8.95. The Balaban J connectivity index is 1.68. The molecule has 1 unspecified atom stereocenters. The van der Waals surface area contributed by atoms with Crippen LogP contribution >= 0.6 is 0 Å². The summed E-state index contributed by atoms with van der Waals surface area (Å²) in [6.07, 6.45) is 1.04. The van der Waals surface area contributed by atoms with Crippen molar-refractivity contribution in [1.29, 1.82) is 0 Å². The molecule has 1 heterocycles. The highest BCUT2D eigenvalue weighted by molar-refractivity contribution is 6.03. The zero-order valence-electron chi connectivity index (χ0n) is 15.6. The number of hydrogen-bond donors (Lipinski definition) is 2. The summed E-state index contributed by atoms with van der Waals surface area (Å²) >= 11 is 0. The van der Waals surface area contributed by atoms with E-state index in [1.165, 1.54) is 17.7 Å². The maximum absolute atomic E-state index is 12.2. The second kappa shape index (κ2) is 8.03. The molecule has 0 fully saturated rings. The number of rotatable bonds is 6. The van der Waals surface area contributed by atoms with Crippen molar-refractivity contribution in [2.45, 2.75) is 33.1 Å². The van der Waals surface area contributed by atoms with Gasteiger partial charge in [0.2, 0.25) is 5.89 Å². The number of nitrogens with zero attached hydrogens (tertiary/aromatic N) is 2. The molecule has 2 N–H and O–H groups in total. The van der Waals surface area contributed by atoms with Crippen LogP contribution in [0.1, 0.15) is 54.1 Å². The number of carbonyl (C=O) groups is 1. The first kappa shape index (κ1) is 18.6. The maximum Gasteiger partial charge on any atom is 0.322 e. The Kier molecular flexibility index (Phi) is 5.54. The molecule has 0 bridgehead atoms. The van der Waals surface area contributed by atoms with Crippen LogP contribution in [0.3, 0.4) is 0 Å². The normalized spacial score (nSPS) is 12.1. The molecular weight excluding hydrogens is 342 g/mol. The van der Waals surface area contributed by atoms with Crippen LogP contribution in [0.2, 0.25) is 0 Å². The van der Waals surface area contributed by atoms with E-state index in [9.17, 15) is 9.90 Å². The van der Waals surface area contributed by atoms with E-state index in [0.717, 1.165) is 12.0 Å². The second-order valence-electron chi connectivity index (χ2n) is 7.01. The first-order chi connectivity index (χ1) is 12.9. The molecule has 0 aliphatic heterocycles. The summed E-state index contributed by atoms with van der Waals surface area (Å²) in [6.45, 7) is 6.37. The fraction of sp³-hybridized carbons (Fsp3) is 0.286. The van der Waals surface area contributed by atoms with Gasteiger partial charge in [-0.15, -0.1) is 5.10 Å². The van der Waals surface area contributed by atoms with E-state index in [2.05, 4.69) is 53.6 Å². The minimum Gasteiger partial charge on any atom is -0.508 e. The Hall–Kier alpha value is -3.15. The van der Waals surface area contributed by atoms with Crippen LogP contribution in [0, 0.1) is 5.92 Å². The van der Waals surface area contributed by atoms with Gasteiger partial charge in [0.1, 0.15) is 5.75 Å². The Morgan fingerprint density at radius 3 is 2.52 bits per heavy atom. The maximum atomic E-state index is 12.2. The third-order valence-corrected chi connectivity index (χ3v) is 4.26. The number of nitrogens with one attached hydrogen (secondary N) is 1. The lowest BCUT2D eigenvalue weighted by molar-refractivity contribution is 0.102. The number of phenolic OH excluding ortho intramolecular Hbond substituents is 1. The van der Waals surface area contributed by atoms with Gasteiger partial charge < -0.3 is 9.52 Å². The van der Waals surface area contributed by atoms with Crippen molar-refractivity contribution in [1.82, 2.24) is 10.2 Å². The first-order valence-corrected chi connectivity index (χ1v) is 8.95. The molecule has 27 heavy (non-hydrogen) atoms. The number of carbonyl (C=O) groups excluding carboxylic acids is 1. The average Bonchev–Trinajstić information content (AvgIpc) is 3.09. The monoisotopic (exact) mass is 365 g/mol. The van der Waals surface area contributed by atoms with E-state index in [1.807, 2.05) is 6.92 Å². The van der Waals surface area contributed by atoms with Gasteiger partial charge in [0.05, 0.1) is 5.92 Å². The largest absolute Gasteiger partial charge is 0.508 e. The molecule has 0 saturated carbocycles. The molecule has 0 saturated heterocycles. The van der Waals surface area contributed by atoms with Gasteiger partial charge in [-0.1, -0.05) is 49.3 Å². The van der Waals surface area contributed by atoms with Gasteiger partial charge in [-0.05, 0) is 48.6 Å². The fourth-order valence-corrected chi connectivity index (χ4v) is 2.83. The van der Waals surface area contributed by atoms with Crippen LogP contribution in [0.4, 0.5) is 6.01 Å². The zero-order valence-corrected chi connectivity index (χ0v) is 15.6. The molecule has 2 aromatic carbocycles. The summed E-state index contributed by atoms with van der Waals surface area (Å²) in [4.78, 5) is 12.2. The topological polar surface area (TPSA) is 88.2 Å². The molecule has 0 aliphatic rings. The van der Waals surface area contributed by atoms with Crippen LogP contribution in [0.5, 0.6) is 5.75 Å². The quantitative estimate of drug-likeness (QED) is 0.677. The highest BCUT2D eigenvalue weighted by Crippen LogP contribution is 2.25. The van der Waals surface area contributed by atoms with E-state index in [1.54, 1.807) is 12.1 Å². The lowest BCUT2D eigenvalue weighted by Gasteiger charge is -2.09. The Morgan fingerprint density at radius 1 is 1.11 bits per heavy atom. The molecule has 0 radical (unpaired) electrons. The molecule has 6 heteroatoms. The predicted molar refractivity (Wildman–Crippen MR) is 103 cm³/mol. The highest BCUT2D eigenvalue weighted by atomic mass is 16.4. The summed E-state index contributed by atoms with van der Waals surface area (Å²) in [5.41, 5.74) is 2.67. The minimum absolute atomic E-state index is 0.0170. The van der Waals surface area contributed by atoms with Gasteiger partial charge in [0, 0.05) is 5.56 Å². The third kappa shape index (κ3) is 4.73. The van der Waals surface area contributed by atoms with Crippen molar-refractivity contribution in [3.05, 3.63) is 71.1 Å². The van der Waals surface area contributed by atoms with Crippen molar-refractivity contribution in [3.8, 4) is 5.75 Å². The summed E-state index contributed by atoms with van der Waals surface area (Å²) in [7, 11) is 0. The Morgan fingerprint density at radius 2 is 1.85 bits per heavy atom. The zero-order chi connectivity index (χ0) is 19.4. The van der Waals surface area contributed by atoms with Gasteiger partial charge in [-0.25, -0.2) is 0 Å². The molecule has 1 aromatic heterocycles. The van der Waals surface area contributed by atoms with Gasteiger partial charge in [-0.2, -0.15) is 0 Å². The summed E-state index contributed by atoms with van der Waals surface area (Å²) in [5.74, 6) is 0.548. The predicted octanol–water partition coefficient (Wildman–Crippen LogP) is 4.38. The molecule has 3 rings (SSSR count). The Labute approximate surface area is 158 Å². The fourth-order valence-electron chi connectivity index (χ4n) is 2.83. The van der Waals surface area contributed by atoms with Gasteiger partial charge in [0.25, 0.3) is 5.91 Å². The molecule has 0 aliphatic carbocycles. The van der Waals surface area contributed by atoms with Crippen LogP contribution in [-0.2, 0) is 6.42 Å². The smallest absolute Gasteiger partial charge is 0.322 e. The van der Waals surface area contributed by atoms with Crippen molar-refractivity contribution in [2.75, 3.05) is 5.32 Å². The van der Waals surface area contributed by atoms with Crippen LogP contribution in [0.25, 0.3) is 0 Å². The van der Waals surface area contributed by atoms with E-state index < -0.39 is 5.91 Å². The third-order valence-electron chi connectivity index (χ3n) is 4.26. The lowest BCUT2D eigenvalue weighted by atomic mass is 9.97. The van der Waals surface area contributed by atoms with E-state index in [-0.39, 0.29) is 17.7 Å². The second-order valence-corrected chi connectivity index (χ2v) is 7.01. The van der Waals surface area contributed by atoms with Crippen LogP contribution in [0.15, 0.2) is 52.9 Å². The molecule has 3 aromatic rings. The lowest BCUT2D eigenvalue weighted by Crippen LogP contribution is -2.11. The van der Waals surface area contributed by atoms with Gasteiger partial charge >= 0.3 is 6.01 Å². The number of hydrogen-bond acceptors (Lipinski definition) is 5. The van der Waals surface area contributed by atoms with Crippen molar-refractivity contribution in [2.24, 2.45) is 5.92 Å². The Bertz CT molecular complexity index is 916. The molecule has 6 nitrogen and oxygen atoms in total. The van der Waals surface area contributed by atoms with E-state index >= 15 is 0 Å². The summed E-state index contributed by atoms with van der Waals surface area (Å²) < 4.78 is 5.60. The number of anilines is 1. The van der Waals surface area contributed by atoms with Crippen molar-refractivity contribution < 1.29 is 14.3 Å². The molecule has 1 atom stereocenters. The van der Waals surface area contributed by atoms with Gasteiger partial charge in [-0.3, -0.25) is 10.1 Å². The standard InChI is InChI=1S/C21H23N3O3/c1-13(2)11-15-7-9-16(10-8-15)14(3)20-23-24-21(27-20)22-19(26)17-5-4-6-18(25)12-17/h4-10,12-14,25H,11H2,1-3H3,(H,22,24,26). The number of phenols is 1. The highest BCUT2D eigenvalue weighted by Gasteiger charge is 2.18. The molecule has 140 valence electrons. The number of aromatic nitrogens is 2. The summed E-state index contributed by atoms with van der Waals surface area (Å²) in [5, 5.41) is 20.0. The number of benzene rings is 2. The number of amides is 1. The van der Waals surface area contributed by atoms with E-state index in [4.69, 9.17) is 4.42 Å². The van der Waals surface area contributed by atoms with Gasteiger partial charge in [0.15, 0.2) is 0 Å². The molecule has 1 amide bonds. The molecular formula is C21H23N3O3. The minimum atomic E-state index is -0.424. The van der Waals surface area contributed by atoms with E-state index in [0.29, 0.717) is 17.4 Å².